The van der Waals surface area contributed by atoms with E-state index in [9.17, 15) is 14.4 Å². The van der Waals surface area contributed by atoms with Gasteiger partial charge in [0.1, 0.15) is 11.2 Å². The van der Waals surface area contributed by atoms with Crippen LogP contribution in [0, 0.1) is 6.92 Å². The fourth-order valence-corrected chi connectivity index (χ4v) is 5.25. The molecule has 5 aromatic rings. The van der Waals surface area contributed by atoms with Gasteiger partial charge >= 0.3 is 5.69 Å². The van der Waals surface area contributed by atoms with E-state index in [-0.39, 0.29) is 23.2 Å². The van der Waals surface area contributed by atoms with Crippen LogP contribution in [-0.2, 0) is 11.3 Å². The van der Waals surface area contributed by atoms with Crippen LogP contribution in [0.25, 0.3) is 26.0 Å². The lowest BCUT2D eigenvalue weighted by molar-refractivity contribution is -0.116. The second-order valence-electron chi connectivity index (χ2n) is 7.60. The first kappa shape index (κ1) is 21.2. The van der Waals surface area contributed by atoms with Crippen LogP contribution < -0.4 is 16.6 Å². The lowest BCUT2D eigenvalue weighted by Gasteiger charge is -2.14. The largest absolute Gasteiger partial charge is 0.336 e. The number of aryl methyl sites for hydroxylation is 1. The second-order valence-corrected chi connectivity index (χ2v) is 9.06. The van der Waals surface area contributed by atoms with Crippen molar-refractivity contribution in [2.45, 2.75) is 13.5 Å². The molecular formula is C25H18ClN3O3S. The number of halogens is 1. The Morgan fingerprint density at radius 3 is 2.45 bits per heavy atom. The molecule has 2 aromatic heterocycles. The summed E-state index contributed by atoms with van der Waals surface area (Å²) in [7, 11) is 0. The number of nitrogens with zero attached hydrogens (tertiary/aromatic N) is 2. The van der Waals surface area contributed by atoms with Gasteiger partial charge in [0.05, 0.1) is 16.2 Å². The highest BCUT2D eigenvalue weighted by atomic mass is 35.5. The quantitative estimate of drug-likeness (QED) is 0.399. The monoisotopic (exact) mass is 475 g/mol. The zero-order valence-electron chi connectivity index (χ0n) is 17.5. The average Bonchev–Trinajstić information content (AvgIpc) is 3.19. The Hall–Kier alpha value is -3.68. The van der Waals surface area contributed by atoms with E-state index in [2.05, 4.69) is 5.32 Å². The van der Waals surface area contributed by atoms with Crippen LogP contribution in [-0.4, -0.2) is 15.0 Å². The number of hydrogen-bond acceptors (Lipinski definition) is 4. The molecule has 0 radical (unpaired) electrons. The van der Waals surface area contributed by atoms with E-state index < -0.39 is 11.2 Å². The minimum absolute atomic E-state index is 0.255. The van der Waals surface area contributed by atoms with Crippen molar-refractivity contribution in [3.05, 3.63) is 104 Å². The number of carbonyl (C=O) groups is 1. The van der Waals surface area contributed by atoms with Crippen LogP contribution in [0.2, 0.25) is 5.02 Å². The SMILES string of the molecule is Cc1ccccc1NC(=O)Cn1c(=O)n(-c2ccccc2Cl)c(=O)c2sc3ccccc3c21. The van der Waals surface area contributed by atoms with Crippen LogP contribution in [0.15, 0.2) is 82.4 Å². The number of para-hydroxylation sites is 2. The van der Waals surface area contributed by atoms with Gasteiger partial charge in [-0.2, -0.15) is 0 Å². The molecule has 3 aromatic carbocycles. The predicted octanol–water partition coefficient (Wildman–Crippen LogP) is 4.97. The average molecular weight is 476 g/mol. The number of aromatic nitrogens is 2. The maximum atomic E-state index is 13.6. The van der Waals surface area contributed by atoms with Gasteiger partial charge in [-0.05, 0) is 36.8 Å². The first-order chi connectivity index (χ1) is 16.0. The highest BCUT2D eigenvalue weighted by molar-refractivity contribution is 7.25. The molecule has 0 atom stereocenters. The van der Waals surface area contributed by atoms with Gasteiger partial charge in [0.2, 0.25) is 5.91 Å². The first-order valence-corrected chi connectivity index (χ1v) is 11.4. The van der Waals surface area contributed by atoms with Crippen molar-refractivity contribution in [1.82, 2.24) is 9.13 Å². The minimum atomic E-state index is -0.621. The molecule has 1 amide bonds. The smallest absolute Gasteiger partial charge is 0.324 e. The van der Waals surface area contributed by atoms with E-state index in [1.54, 1.807) is 30.3 Å². The number of anilines is 1. The van der Waals surface area contributed by atoms with Gasteiger partial charge in [0, 0.05) is 15.8 Å². The van der Waals surface area contributed by atoms with E-state index in [0.717, 1.165) is 20.2 Å². The molecule has 0 spiro atoms. The van der Waals surface area contributed by atoms with Crippen molar-refractivity contribution in [3.63, 3.8) is 0 Å². The Morgan fingerprint density at radius 2 is 1.67 bits per heavy atom. The summed E-state index contributed by atoms with van der Waals surface area (Å²) in [6.45, 7) is 1.64. The lowest BCUT2D eigenvalue weighted by atomic mass is 10.2. The molecule has 0 aliphatic rings. The Kier molecular flexibility index (Phi) is 5.36. The number of benzene rings is 3. The number of nitrogens with one attached hydrogen (secondary N) is 1. The first-order valence-electron chi connectivity index (χ1n) is 10.2. The van der Waals surface area contributed by atoms with Gasteiger partial charge in [-0.3, -0.25) is 14.2 Å². The molecule has 164 valence electrons. The fraction of sp³-hybridized carbons (Fsp3) is 0.0800. The van der Waals surface area contributed by atoms with Crippen molar-refractivity contribution in [2.24, 2.45) is 0 Å². The summed E-state index contributed by atoms with van der Waals surface area (Å²) in [4.78, 5) is 40.1. The molecule has 0 aliphatic carbocycles. The summed E-state index contributed by atoms with van der Waals surface area (Å²) in [5.74, 6) is -0.368. The number of thiophene rings is 1. The predicted molar refractivity (Wildman–Crippen MR) is 134 cm³/mol. The topological polar surface area (TPSA) is 73.1 Å². The van der Waals surface area contributed by atoms with Crippen LogP contribution in [0.4, 0.5) is 5.69 Å². The normalized spacial score (nSPS) is 11.2. The summed E-state index contributed by atoms with van der Waals surface area (Å²) in [5.41, 5.74) is 1.23. The molecule has 8 heteroatoms. The second kappa shape index (κ2) is 8.35. The van der Waals surface area contributed by atoms with Crippen molar-refractivity contribution in [1.29, 1.82) is 0 Å². The standard InChI is InChI=1S/C25H18ClN3O3S/c1-15-8-2-5-11-18(15)27-21(30)14-28-22-16-9-3-7-13-20(16)33-23(22)24(31)29(25(28)32)19-12-6-4-10-17(19)26/h2-13H,14H2,1H3,(H,27,30). The maximum absolute atomic E-state index is 13.6. The number of hydrogen-bond donors (Lipinski definition) is 1. The summed E-state index contributed by atoms with van der Waals surface area (Å²) in [6, 6.07) is 21.5. The van der Waals surface area contributed by atoms with Crippen molar-refractivity contribution in [3.8, 4) is 5.69 Å². The molecule has 6 nitrogen and oxygen atoms in total. The third-order valence-corrected chi connectivity index (χ3v) is 6.94. The molecule has 0 aliphatic heterocycles. The summed E-state index contributed by atoms with van der Waals surface area (Å²) >= 11 is 7.62. The third-order valence-electron chi connectivity index (χ3n) is 5.47. The van der Waals surface area contributed by atoms with Gasteiger partial charge in [-0.15, -0.1) is 11.3 Å². The number of carbonyl (C=O) groups excluding carboxylic acids is 1. The van der Waals surface area contributed by atoms with E-state index in [4.69, 9.17) is 11.6 Å². The molecular weight excluding hydrogens is 458 g/mol. The molecule has 0 unspecified atom stereocenters. The van der Waals surface area contributed by atoms with Crippen molar-refractivity contribution >= 4 is 54.8 Å². The Bertz CT molecular complexity index is 1670. The molecule has 5 rings (SSSR count). The maximum Gasteiger partial charge on any atom is 0.336 e. The third kappa shape index (κ3) is 3.65. The molecule has 0 bridgehead atoms. The molecule has 0 fully saturated rings. The highest BCUT2D eigenvalue weighted by Crippen LogP contribution is 2.31. The Morgan fingerprint density at radius 1 is 0.970 bits per heavy atom. The van der Waals surface area contributed by atoms with Crippen LogP contribution in [0.1, 0.15) is 5.56 Å². The van der Waals surface area contributed by atoms with E-state index in [1.165, 1.54) is 15.9 Å². The molecule has 33 heavy (non-hydrogen) atoms. The Balaban J connectivity index is 1.75. The highest BCUT2D eigenvalue weighted by Gasteiger charge is 2.21. The summed E-state index contributed by atoms with van der Waals surface area (Å²) in [5, 5.41) is 3.89. The minimum Gasteiger partial charge on any atom is -0.324 e. The van der Waals surface area contributed by atoms with Crippen LogP contribution >= 0.6 is 22.9 Å². The van der Waals surface area contributed by atoms with Gasteiger partial charge < -0.3 is 5.32 Å². The van der Waals surface area contributed by atoms with Crippen molar-refractivity contribution < 1.29 is 4.79 Å². The van der Waals surface area contributed by atoms with Gasteiger partial charge in [-0.1, -0.05) is 60.1 Å². The number of fused-ring (bicyclic) bond motifs is 3. The van der Waals surface area contributed by atoms with E-state index in [0.29, 0.717) is 15.9 Å². The van der Waals surface area contributed by atoms with Gasteiger partial charge in [-0.25, -0.2) is 9.36 Å². The summed E-state index contributed by atoms with van der Waals surface area (Å²) in [6.07, 6.45) is 0. The number of rotatable bonds is 4. The molecule has 0 saturated carbocycles. The number of amides is 1. The zero-order valence-corrected chi connectivity index (χ0v) is 19.1. The van der Waals surface area contributed by atoms with Gasteiger partial charge in [0.25, 0.3) is 5.56 Å². The van der Waals surface area contributed by atoms with E-state index >= 15 is 0 Å². The van der Waals surface area contributed by atoms with Crippen LogP contribution in [0.3, 0.4) is 0 Å². The molecule has 2 heterocycles. The lowest BCUT2D eigenvalue weighted by Crippen LogP contribution is -2.40. The molecule has 1 N–H and O–H groups in total. The van der Waals surface area contributed by atoms with Crippen molar-refractivity contribution in [2.75, 3.05) is 5.32 Å². The Labute approximate surface area is 197 Å². The van der Waals surface area contributed by atoms with Gasteiger partial charge in [0.15, 0.2) is 0 Å². The van der Waals surface area contributed by atoms with E-state index in [1.807, 2.05) is 49.4 Å². The zero-order chi connectivity index (χ0) is 23.1. The fourth-order valence-electron chi connectivity index (χ4n) is 3.89. The van der Waals surface area contributed by atoms with Crippen LogP contribution in [0.5, 0.6) is 0 Å². The summed E-state index contributed by atoms with van der Waals surface area (Å²) < 4.78 is 3.64. The molecule has 0 saturated heterocycles.